The highest BCUT2D eigenvalue weighted by Crippen LogP contribution is 2.24. The third-order valence-electron chi connectivity index (χ3n) is 3.48. The maximum atomic E-state index is 13.8. The summed E-state index contributed by atoms with van der Waals surface area (Å²) in [6.45, 7) is 4.10. The summed E-state index contributed by atoms with van der Waals surface area (Å²) in [5.74, 6) is -0.285. The number of aromatic nitrogens is 2. The van der Waals surface area contributed by atoms with E-state index in [1.165, 1.54) is 11.6 Å². The van der Waals surface area contributed by atoms with Crippen LogP contribution in [0.5, 0.6) is 0 Å². The minimum Gasteiger partial charge on any atom is -0.328 e. The molecule has 19 heavy (non-hydrogen) atoms. The second-order valence-corrected chi connectivity index (χ2v) is 5.01. The lowest BCUT2D eigenvalue weighted by atomic mass is 10.1. The number of hydrogen-bond acceptors (Lipinski definition) is 1. The largest absolute Gasteiger partial charge is 0.328 e. The summed E-state index contributed by atoms with van der Waals surface area (Å²) in [7, 11) is 0. The lowest BCUT2D eigenvalue weighted by Crippen LogP contribution is -1.98. The summed E-state index contributed by atoms with van der Waals surface area (Å²) >= 11 is 5.34. The molecule has 96 valence electrons. The number of rotatable bonds is 1. The standard InChI is InChI=1S/C15H13FN2S/c1-9-5-3-7-12(10(9)2)18-13-8-4-6-11(16)14(13)17-15(18)19/h3-8H,1-2H3,(H,17,19). The normalized spacial score (nSPS) is 11.1. The van der Waals surface area contributed by atoms with Gasteiger partial charge in [0.2, 0.25) is 0 Å². The number of nitrogens with one attached hydrogen (secondary N) is 1. The van der Waals surface area contributed by atoms with Crippen LogP contribution in [-0.4, -0.2) is 9.55 Å². The van der Waals surface area contributed by atoms with E-state index < -0.39 is 0 Å². The van der Waals surface area contributed by atoms with Gasteiger partial charge in [-0.15, -0.1) is 0 Å². The zero-order chi connectivity index (χ0) is 13.6. The molecule has 4 heteroatoms. The Labute approximate surface area is 115 Å². The predicted octanol–water partition coefficient (Wildman–Crippen LogP) is 4.44. The fraction of sp³-hybridized carbons (Fsp3) is 0.133. The number of imidazole rings is 1. The number of halogens is 1. The van der Waals surface area contributed by atoms with E-state index in [1.54, 1.807) is 6.07 Å². The molecule has 0 aliphatic rings. The highest BCUT2D eigenvalue weighted by atomic mass is 32.1. The number of hydrogen-bond donors (Lipinski definition) is 1. The highest BCUT2D eigenvalue weighted by molar-refractivity contribution is 7.71. The van der Waals surface area contributed by atoms with Crippen molar-refractivity contribution in [2.75, 3.05) is 0 Å². The van der Waals surface area contributed by atoms with Crippen LogP contribution in [0.2, 0.25) is 0 Å². The molecule has 0 spiro atoms. The van der Waals surface area contributed by atoms with Crippen molar-refractivity contribution in [1.29, 1.82) is 0 Å². The Kier molecular flexibility index (Phi) is 2.75. The second-order valence-electron chi connectivity index (χ2n) is 4.62. The second kappa shape index (κ2) is 4.31. The van der Waals surface area contributed by atoms with Crippen molar-refractivity contribution >= 4 is 23.3 Å². The van der Waals surface area contributed by atoms with E-state index in [1.807, 2.05) is 29.7 Å². The quantitative estimate of drug-likeness (QED) is 0.649. The highest BCUT2D eigenvalue weighted by Gasteiger charge is 2.11. The van der Waals surface area contributed by atoms with Crippen LogP contribution in [0.1, 0.15) is 11.1 Å². The van der Waals surface area contributed by atoms with Crippen LogP contribution >= 0.6 is 12.2 Å². The summed E-state index contributed by atoms with van der Waals surface area (Å²) in [5.41, 5.74) is 4.53. The van der Waals surface area contributed by atoms with Gasteiger partial charge in [0.25, 0.3) is 0 Å². The molecule has 3 rings (SSSR count). The van der Waals surface area contributed by atoms with Crippen LogP contribution in [-0.2, 0) is 0 Å². The maximum absolute atomic E-state index is 13.8. The van der Waals surface area contributed by atoms with Gasteiger partial charge in [-0.1, -0.05) is 18.2 Å². The lowest BCUT2D eigenvalue weighted by molar-refractivity contribution is 0.637. The molecule has 0 aliphatic heterocycles. The molecule has 2 nitrogen and oxygen atoms in total. The molecule has 3 aromatic rings. The first-order valence-electron chi connectivity index (χ1n) is 6.05. The topological polar surface area (TPSA) is 20.7 Å². The molecular weight excluding hydrogens is 259 g/mol. The van der Waals surface area contributed by atoms with Gasteiger partial charge in [-0.05, 0) is 55.4 Å². The van der Waals surface area contributed by atoms with Gasteiger partial charge in [0.15, 0.2) is 4.77 Å². The first kappa shape index (κ1) is 12.1. The smallest absolute Gasteiger partial charge is 0.182 e. The SMILES string of the molecule is Cc1cccc(-n2c(=S)[nH]c3c(F)cccc32)c1C. The Morgan fingerprint density at radius 3 is 2.63 bits per heavy atom. The van der Waals surface area contributed by atoms with E-state index in [2.05, 4.69) is 18.0 Å². The number of para-hydroxylation sites is 1. The molecule has 2 aromatic carbocycles. The minimum absolute atomic E-state index is 0.285. The van der Waals surface area contributed by atoms with Gasteiger partial charge >= 0.3 is 0 Å². The molecule has 0 atom stereocenters. The van der Waals surface area contributed by atoms with Crippen molar-refractivity contribution in [3.63, 3.8) is 0 Å². The summed E-state index contributed by atoms with van der Waals surface area (Å²) in [6, 6.07) is 11.0. The van der Waals surface area contributed by atoms with Crippen LogP contribution in [0.25, 0.3) is 16.7 Å². The summed E-state index contributed by atoms with van der Waals surface area (Å²) < 4.78 is 16.2. The molecule has 0 saturated heterocycles. The minimum atomic E-state index is -0.285. The van der Waals surface area contributed by atoms with Crippen LogP contribution < -0.4 is 0 Å². The molecule has 0 radical (unpaired) electrons. The van der Waals surface area contributed by atoms with Gasteiger partial charge in [-0.2, -0.15) is 0 Å². The van der Waals surface area contributed by atoms with Gasteiger partial charge in [0, 0.05) is 0 Å². The number of H-pyrrole nitrogens is 1. The Bertz CT molecular complexity index is 830. The molecule has 0 unspecified atom stereocenters. The average Bonchev–Trinajstić information content (AvgIpc) is 2.71. The predicted molar refractivity (Wildman–Crippen MR) is 77.9 cm³/mol. The molecule has 1 heterocycles. The Morgan fingerprint density at radius 1 is 1.11 bits per heavy atom. The zero-order valence-corrected chi connectivity index (χ0v) is 11.5. The monoisotopic (exact) mass is 272 g/mol. The first-order chi connectivity index (χ1) is 9.09. The Balaban J connectivity index is 2.44. The van der Waals surface area contributed by atoms with Gasteiger partial charge in [-0.3, -0.25) is 4.57 Å². The van der Waals surface area contributed by atoms with Crippen molar-refractivity contribution in [1.82, 2.24) is 9.55 Å². The number of aryl methyl sites for hydroxylation is 1. The van der Waals surface area contributed by atoms with Crippen molar-refractivity contribution in [2.45, 2.75) is 13.8 Å². The van der Waals surface area contributed by atoms with Crippen molar-refractivity contribution < 1.29 is 4.39 Å². The van der Waals surface area contributed by atoms with Gasteiger partial charge < -0.3 is 4.98 Å². The molecule has 1 aromatic heterocycles. The van der Waals surface area contributed by atoms with Crippen LogP contribution in [0, 0.1) is 24.4 Å². The number of fused-ring (bicyclic) bond motifs is 1. The molecular formula is C15H13FN2S. The van der Waals surface area contributed by atoms with Gasteiger partial charge in [0.1, 0.15) is 11.3 Å². The maximum Gasteiger partial charge on any atom is 0.182 e. The summed E-state index contributed by atoms with van der Waals surface area (Å²) in [6.07, 6.45) is 0. The van der Waals surface area contributed by atoms with E-state index in [0.717, 1.165) is 16.8 Å². The molecule has 0 fully saturated rings. The fourth-order valence-corrected chi connectivity index (χ4v) is 2.61. The molecule has 0 aliphatic carbocycles. The van der Waals surface area contributed by atoms with Gasteiger partial charge in [-0.25, -0.2) is 4.39 Å². The average molecular weight is 272 g/mol. The molecule has 0 bridgehead atoms. The van der Waals surface area contributed by atoms with E-state index in [4.69, 9.17) is 12.2 Å². The number of nitrogens with zero attached hydrogens (tertiary/aromatic N) is 1. The zero-order valence-electron chi connectivity index (χ0n) is 10.7. The Morgan fingerprint density at radius 2 is 1.84 bits per heavy atom. The van der Waals surface area contributed by atoms with Crippen LogP contribution in [0.3, 0.4) is 0 Å². The van der Waals surface area contributed by atoms with Crippen molar-refractivity contribution in [2.24, 2.45) is 0 Å². The van der Waals surface area contributed by atoms with E-state index in [9.17, 15) is 4.39 Å². The molecule has 1 N–H and O–H groups in total. The Hall–Kier alpha value is -1.94. The third-order valence-corrected chi connectivity index (χ3v) is 3.77. The van der Waals surface area contributed by atoms with Crippen LogP contribution in [0.4, 0.5) is 4.39 Å². The fourth-order valence-electron chi connectivity index (χ4n) is 2.31. The van der Waals surface area contributed by atoms with E-state index in [0.29, 0.717) is 10.3 Å². The molecule has 0 amide bonds. The lowest BCUT2D eigenvalue weighted by Gasteiger charge is -2.10. The summed E-state index contributed by atoms with van der Waals surface area (Å²) in [5, 5.41) is 0. The number of benzene rings is 2. The number of aromatic amines is 1. The first-order valence-corrected chi connectivity index (χ1v) is 6.46. The van der Waals surface area contributed by atoms with Crippen molar-refractivity contribution in [3.8, 4) is 5.69 Å². The van der Waals surface area contributed by atoms with Crippen LogP contribution in [0.15, 0.2) is 36.4 Å². The summed E-state index contributed by atoms with van der Waals surface area (Å²) in [4.78, 5) is 2.94. The molecule has 0 saturated carbocycles. The van der Waals surface area contributed by atoms with Crippen molar-refractivity contribution in [3.05, 3.63) is 58.1 Å². The van der Waals surface area contributed by atoms with E-state index in [-0.39, 0.29) is 5.82 Å². The van der Waals surface area contributed by atoms with Gasteiger partial charge in [0.05, 0.1) is 11.2 Å². The van der Waals surface area contributed by atoms with E-state index >= 15 is 0 Å². The third kappa shape index (κ3) is 1.79.